The van der Waals surface area contributed by atoms with Gasteiger partial charge in [-0.3, -0.25) is 4.79 Å². The van der Waals surface area contributed by atoms with Gasteiger partial charge in [0.25, 0.3) is 5.91 Å². The smallest absolute Gasteiger partial charge is 0.429 e. The Kier molecular flexibility index (Phi) is 12.6. The zero-order chi connectivity index (χ0) is 34.8. The third kappa shape index (κ3) is 9.34. The number of methoxy groups -OCH3 is 2. The zero-order valence-corrected chi connectivity index (χ0v) is 29.1. The normalized spacial score (nSPS) is 11.2. The number of carbonyl (C=O) groups excluding carboxylic acids is 1. The number of imide groups is 1. The second-order valence-corrected chi connectivity index (χ2v) is 14.8. The number of hydrogen-bond donors (Lipinski definition) is 1. The van der Waals surface area contributed by atoms with Crippen molar-refractivity contribution in [2.75, 3.05) is 33.6 Å². The molecule has 0 unspecified atom stereocenters. The fraction of sp³-hybridized carbons (Fsp3) is 0.235. The molecule has 0 fully saturated rings. The van der Waals surface area contributed by atoms with Crippen LogP contribution < -0.4 is 18.9 Å². The van der Waals surface area contributed by atoms with Crippen LogP contribution in [0.25, 0.3) is 0 Å². The summed E-state index contributed by atoms with van der Waals surface area (Å²) in [5, 5.41) is 11.5. The molecule has 0 aliphatic heterocycles. The number of ether oxygens (including phenoxy) is 4. The Labute approximate surface area is 288 Å². The molecular weight excluding hydrogens is 680 g/mol. The molecule has 0 saturated heterocycles. The Morgan fingerprint density at radius 1 is 0.812 bits per heavy atom. The second-order valence-electron chi connectivity index (χ2n) is 10.4. The number of hydrazine groups is 1. The van der Waals surface area contributed by atoms with E-state index in [-0.39, 0.29) is 52.5 Å². The molecule has 4 aromatic carbocycles. The highest BCUT2D eigenvalue weighted by molar-refractivity contribution is 8.72. The van der Waals surface area contributed by atoms with Crippen molar-refractivity contribution in [2.45, 2.75) is 25.0 Å². The van der Waals surface area contributed by atoms with Gasteiger partial charge in [0.1, 0.15) is 24.7 Å². The molecule has 0 heterocycles. The standard InChI is InChI=1S/C34H35ClN2O9S2/c1-23-5-15-28(16-6-23)48(41,42)47-20-19-36(2)37(34(39)40)33(38)29-17-18-30(45-21-24-7-11-26(43-3)12-8-24)32(31(29)35)46-22-25-9-13-27(44-4)14-10-25/h5-18H,19-22H2,1-4H3,(H,39,40). The van der Waals surface area contributed by atoms with E-state index >= 15 is 0 Å². The molecule has 0 spiro atoms. The van der Waals surface area contributed by atoms with Gasteiger partial charge in [-0.05, 0) is 77.4 Å². The van der Waals surface area contributed by atoms with Crippen molar-refractivity contribution in [3.8, 4) is 23.0 Å². The third-order valence-corrected chi connectivity index (χ3v) is 11.0. The van der Waals surface area contributed by atoms with Crippen LogP contribution in [-0.2, 0) is 22.1 Å². The minimum absolute atomic E-state index is 0.0220. The summed E-state index contributed by atoms with van der Waals surface area (Å²) in [6, 6.07) is 23.6. The van der Waals surface area contributed by atoms with E-state index in [1.54, 1.807) is 62.8 Å². The van der Waals surface area contributed by atoms with Crippen molar-refractivity contribution >= 4 is 43.3 Å². The SMILES string of the molecule is COc1ccc(COc2ccc(C(=O)N(C(=O)O)N(C)CCSS(=O)(=O)c3ccc(C)cc3)c(Cl)c2OCc2ccc(OC)cc2)cc1. The summed E-state index contributed by atoms with van der Waals surface area (Å²) in [6.45, 7) is 1.95. The Hall–Kier alpha value is -4.43. The molecule has 1 N–H and O–H groups in total. The molecule has 0 saturated carbocycles. The molecule has 11 nitrogen and oxygen atoms in total. The number of aryl methyl sites for hydroxylation is 1. The predicted molar refractivity (Wildman–Crippen MR) is 184 cm³/mol. The summed E-state index contributed by atoms with van der Waals surface area (Å²) in [7, 11) is 1.45. The summed E-state index contributed by atoms with van der Waals surface area (Å²) in [5.41, 5.74) is 2.36. The third-order valence-electron chi connectivity index (χ3n) is 7.07. The summed E-state index contributed by atoms with van der Waals surface area (Å²) < 4.78 is 48.1. The first-order valence-corrected chi connectivity index (χ1v) is 17.9. The minimum atomic E-state index is -3.70. The summed E-state index contributed by atoms with van der Waals surface area (Å²) >= 11 is 6.76. The maximum Gasteiger partial charge on any atom is 0.429 e. The highest BCUT2D eigenvalue weighted by Gasteiger charge is 2.31. The van der Waals surface area contributed by atoms with Gasteiger partial charge in [0, 0.05) is 19.3 Å². The topological polar surface area (TPSA) is 132 Å². The van der Waals surface area contributed by atoms with Crippen molar-refractivity contribution in [1.29, 1.82) is 0 Å². The molecule has 0 atom stereocenters. The quantitative estimate of drug-likeness (QED) is 0.102. The number of hydrogen-bond acceptors (Lipinski definition) is 10. The average molecular weight is 715 g/mol. The number of carboxylic acid groups (broad SMARTS) is 1. The lowest BCUT2D eigenvalue weighted by molar-refractivity contribution is 0.0162. The number of benzene rings is 4. The highest BCUT2D eigenvalue weighted by Crippen LogP contribution is 2.39. The zero-order valence-electron chi connectivity index (χ0n) is 26.7. The van der Waals surface area contributed by atoms with Gasteiger partial charge in [0.2, 0.25) is 8.87 Å². The van der Waals surface area contributed by atoms with Gasteiger partial charge in [-0.1, -0.05) is 53.6 Å². The van der Waals surface area contributed by atoms with Crippen LogP contribution in [-0.4, -0.2) is 69.1 Å². The molecule has 0 bridgehead atoms. The Morgan fingerprint density at radius 3 is 1.88 bits per heavy atom. The number of halogens is 1. The molecule has 48 heavy (non-hydrogen) atoms. The van der Waals surface area contributed by atoms with E-state index in [4.69, 9.17) is 30.5 Å². The van der Waals surface area contributed by atoms with Crippen LogP contribution >= 0.6 is 22.4 Å². The van der Waals surface area contributed by atoms with Crippen molar-refractivity contribution in [3.05, 3.63) is 112 Å². The molecule has 4 aromatic rings. The lowest BCUT2D eigenvalue weighted by atomic mass is 10.1. The van der Waals surface area contributed by atoms with E-state index in [0.717, 1.165) is 21.7 Å². The van der Waals surface area contributed by atoms with Crippen LogP contribution in [0.15, 0.2) is 89.8 Å². The Bertz CT molecular complexity index is 1820. The van der Waals surface area contributed by atoms with Crippen LogP contribution in [0.5, 0.6) is 23.0 Å². The average Bonchev–Trinajstić information content (AvgIpc) is 3.07. The molecule has 14 heteroatoms. The van der Waals surface area contributed by atoms with E-state index in [9.17, 15) is 23.1 Å². The summed E-state index contributed by atoms with van der Waals surface area (Å²) in [4.78, 5) is 26.1. The van der Waals surface area contributed by atoms with Crippen LogP contribution in [0.2, 0.25) is 5.02 Å². The molecular formula is C34H35ClN2O9S2. The molecule has 0 aromatic heterocycles. The van der Waals surface area contributed by atoms with Gasteiger partial charge in [-0.15, -0.1) is 0 Å². The minimum Gasteiger partial charge on any atom is -0.497 e. The van der Waals surface area contributed by atoms with Gasteiger partial charge in [0.05, 0.1) is 29.7 Å². The van der Waals surface area contributed by atoms with Crippen molar-refractivity contribution in [2.24, 2.45) is 0 Å². The first-order valence-electron chi connectivity index (χ1n) is 14.5. The second kappa shape index (κ2) is 16.6. The van der Waals surface area contributed by atoms with Crippen LogP contribution in [0.3, 0.4) is 0 Å². The fourth-order valence-electron chi connectivity index (χ4n) is 4.37. The van der Waals surface area contributed by atoms with Crippen molar-refractivity contribution in [3.63, 3.8) is 0 Å². The monoisotopic (exact) mass is 714 g/mol. The van der Waals surface area contributed by atoms with Gasteiger partial charge in [-0.2, -0.15) is 5.01 Å². The molecule has 2 amide bonds. The van der Waals surface area contributed by atoms with Crippen molar-refractivity contribution in [1.82, 2.24) is 10.0 Å². The number of nitrogens with zero attached hydrogens (tertiary/aromatic N) is 2. The van der Waals surface area contributed by atoms with Gasteiger partial charge in [-0.25, -0.2) is 18.2 Å². The molecule has 254 valence electrons. The van der Waals surface area contributed by atoms with E-state index in [0.29, 0.717) is 27.3 Å². The summed E-state index contributed by atoms with van der Waals surface area (Å²) in [6.07, 6.45) is -1.58. The molecule has 0 radical (unpaired) electrons. The first-order chi connectivity index (χ1) is 22.9. The van der Waals surface area contributed by atoms with E-state index in [2.05, 4.69) is 0 Å². The fourth-order valence-corrected chi connectivity index (χ4v) is 7.44. The van der Waals surface area contributed by atoms with Gasteiger partial charge < -0.3 is 24.1 Å². The maximum atomic E-state index is 13.7. The lowest BCUT2D eigenvalue weighted by Crippen LogP contribution is -2.48. The van der Waals surface area contributed by atoms with E-state index in [1.165, 1.54) is 31.3 Å². The largest absolute Gasteiger partial charge is 0.497 e. The van der Waals surface area contributed by atoms with Gasteiger partial charge in [0.15, 0.2) is 11.5 Å². The summed E-state index contributed by atoms with van der Waals surface area (Å²) in [5.74, 6) is 0.640. The molecule has 4 rings (SSSR count). The van der Waals surface area contributed by atoms with Gasteiger partial charge >= 0.3 is 6.09 Å². The number of carbonyl (C=O) groups is 2. The highest BCUT2D eigenvalue weighted by atomic mass is 35.5. The maximum absolute atomic E-state index is 13.7. The molecule has 0 aliphatic carbocycles. The molecule has 0 aliphatic rings. The number of amides is 2. The van der Waals surface area contributed by atoms with Crippen LogP contribution in [0.4, 0.5) is 4.79 Å². The van der Waals surface area contributed by atoms with E-state index < -0.39 is 20.9 Å². The van der Waals surface area contributed by atoms with E-state index in [1.807, 2.05) is 19.1 Å². The van der Waals surface area contributed by atoms with Crippen LogP contribution in [0.1, 0.15) is 27.0 Å². The first kappa shape index (κ1) is 36.4. The van der Waals surface area contributed by atoms with Crippen molar-refractivity contribution < 1.29 is 42.1 Å². The van der Waals surface area contributed by atoms with Crippen LogP contribution in [0, 0.1) is 6.92 Å². The Balaban J connectivity index is 1.55. The lowest BCUT2D eigenvalue weighted by Gasteiger charge is -2.28. The predicted octanol–water partition coefficient (Wildman–Crippen LogP) is 6.91. The Morgan fingerprint density at radius 2 is 1.35 bits per heavy atom. The number of rotatable bonds is 15.